The first-order chi connectivity index (χ1) is 70.0. The van der Waals surface area contributed by atoms with E-state index in [-0.39, 0.29) is 85.9 Å². The van der Waals surface area contributed by atoms with Crippen LogP contribution in [-0.2, 0) is 157 Å². The highest BCUT2D eigenvalue weighted by Crippen LogP contribution is 2.47. The second kappa shape index (κ2) is 51.5. The van der Waals surface area contributed by atoms with E-state index in [0.717, 1.165) is 66.8 Å². The Hall–Kier alpha value is -11.2. The zero-order valence-electron chi connectivity index (χ0n) is 78.5. The van der Waals surface area contributed by atoms with Crippen LogP contribution in [0.4, 0.5) is 4.79 Å². The van der Waals surface area contributed by atoms with Gasteiger partial charge in [-0.3, -0.25) is 4.79 Å². The number of alkyl halides is 3. The standard InChI is InChI=1S/C111H114Cl3N5O24/c1-3-57-126-103(121)90(117-110(123)135-66-85-83-55-33-31-53-81(83)82-54-32-34-56-84(82)85)71(2)136-106-92(118-119-115)97(143-108-101(131-64-78-47-25-10-26-48-78)99(129-62-76-43-21-8-22-44-76)94(127-60-74-39-17-6-18-40-74)87(139-108)67-124-58-72-35-13-4-14-36-72)93(120)86(137-106)69-134-105-91(116-109(122)111(112,113)114)98(128-61-75-41-19-7-20-42-75)95(88(138-105)68-125-59-73-37-15-5-16-38-73)142-107-102(132-65-79-49-27-11-28-50-79)100(130-63-77-45-23-9-24-46-77)96-89(140-107)70-133-104(141-96)80-51-29-12-30-52-80/h3-56,71,85-102,104-108,120H,1,57-70H2,2H3,(H,116,122)(H,117,123)/t71-,86-,87-,88-,89-,90+,91-,92-,93+,94+,95-,96+,97-,98-,99+,100+,101-,102-,104+,105-,106+,107+,108+/m1/s1. The first kappa shape index (κ1) is 103. The van der Waals surface area contributed by atoms with Crippen LogP contribution in [0.15, 0.2) is 339 Å². The number of aliphatic hydroxyl groups excluding tert-OH is 1. The van der Waals surface area contributed by atoms with Crippen molar-refractivity contribution in [2.75, 3.05) is 39.6 Å². The van der Waals surface area contributed by atoms with Crippen LogP contribution in [0.3, 0.4) is 0 Å². The highest BCUT2D eigenvalue weighted by Gasteiger charge is 2.59. The van der Waals surface area contributed by atoms with Crippen LogP contribution in [0, 0.1) is 0 Å². The maximum absolute atomic E-state index is 15.1. The summed E-state index contributed by atoms with van der Waals surface area (Å²) in [5.41, 5.74) is 21.9. The minimum absolute atomic E-state index is 0.00284. The Kier molecular flexibility index (Phi) is 37.2. The number of ether oxygens (including phenoxy) is 20. The molecule has 1 aliphatic carbocycles. The zero-order valence-corrected chi connectivity index (χ0v) is 80.7. The molecule has 0 saturated carbocycles. The number of aliphatic hydroxyl groups is 1. The van der Waals surface area contributed by atoms with Crippen molar-refractivity contribution in [1.29, 1.82) is 0 Å². The Labute approximate surface area is 844 Å². The van der Waals surface area contributed by atoms with Crippen molar-refractivity contribution in [3.63, 3.8) is 0 Å². The number of amides is 2. The van der Waals surface area contributed by atoms with Crippen molar-refractivity contribution in [3.8, 4) is 11.1 Å². The monoisotopic (exact) mass is 2010 g/mol. The van der Waals surface area contributed by atoms with Crippen LogP contribution in [-0.4, -0.2) is 201 Å². The molecule has 23 atom stereocenters. The van der Waals surface area contributed by atoms with Gasteiger partial charge in [0, 0.05) is 16.4 Å². The van der Waals surface area contributed by atoms with Crippen LogP contribution >= 0.6 is 34.8 Å². The van der Waals surface area contributed by atoms with Crippen LogP contribution in [0.2, 0.25) is 0 Å². The number of alkyl carbamates (subject to hydrolysis) is 1. The predicted molar refractivity (Wildman–Crippen MR) is 528 cm³/mol. The van der Waals surface area contributed by atoms with Crippen molar-refractivity contribution >= 4 is 52.8 Å². The fourth-order valence-corrected chi connectivity index (χ4v) is 18.6. The third kappa shape index (κ3) is 27.5. The fraction of sp³-hybridized carbons (Fsp3) is 0.360. The van der Waals surface area contributed by atoms with Gasteiger partial charge in [0.2, 0.25) is 0 Å². The Morgan fingerprint density at radius 1 is 0.448 bits per heavy atom. The second-order valence-corrected chi connectivity index (χ2v) is 37.6. The molecule has 17 rings (SSSR count). The molecule has 0 spiro atoms. The number of rotatable bonds is 45. The number of hydrogen-bond donors (Lipinski definition) is 3. The van der Waals surface area contributed by atoms with Crippen molar-refractivity contribution in [3.05, 3.63) is 406 Å². The summed E-state index contributed by atoms with van der Waals surface area (Å²) >= 11 is 20.1. The molecule has 143 heavy (non-hydrogen) atoms. The average Bonchev–Trinajstić information content (AvgIpc) is 1.64. The fourth-order valence-electron chi connectivity index (χ4n) is 18.4. The number of hydrogen-bond acceptors (Lipinski definition) is 25. The van der Waals surface area contributed by atoms with Crippen molar-refractivity contribution < 1.29 is 114 Å². The number of nitrogens with one attached hydrogen (secondary N) is 2. The largest absolute Gasteiger partial charge is 0.460 e. The lowest BCUT2D eigenvalue weighted by molar-refractivity contribution is -0.392. The van der Waals surface area contributed by atoms with Crippen LogP contribution < -0.4 is 10.6 Å². The number of nitrogens with zero attached hydrogens (tertiary/aromatic N) is 3. The van der Waals surface area contributed by atoms with Gasteiger partial charge in [-0.2, -0.15) is 0 Å². The van der Waals surface area contributed by atoms with E-state index >= 15 is 4.79 Å². The number of carbonyl (C=O) groups excluding carboxylic acids is 3. The summed E-state index contributed by atoms with van der Waals surface area (Å²) in [5.74, 6) is -2.59. The molecular formula is C111H114Cl3N5O24. The molecular weight excluding hydrogens is 1890 g/mol. The molecule has 0 aromatic heterocycles. The van der Waals surface area contributed by atoms with E-state index in [1.165, 1.54) is 13.0 Å². The molecule has 6 aliphatic rings. The van der Waals surface area contributed by atoms with E-state index in [0.29, 0.717) is 5.56 Å². The Balaban J connectivity index is 0.760. The number of halogens is 3. The van der Waals surface area contributed by atoms with Crippen molar-refractivity contribution in [1.82, 2.24) is 10.6 Å². The summed E-state index contributed by atoms with van der Waals surface area (Å²) in [6.45, 7) is 3.51. The molecule has 29 nitrogen and oxygen atoms in total. The third-order valence-corrected chi connectivity index (χ3v) is 26.0. The average molecular weight is 2010 g/mol. The minimum Gasteiger partial charge on any atom is -0.460 e. The summed E-state index contributed by atoms with van der Waals surface area (Å²) in [5, 5.41) is 23.9. The lowest BCUT2D eigenvalue weighted by atomic mass is 9.94. The van der Waals surface area contributed by atoms with Gasteiger partial charge >= 0.3 is 12.1 Å². The molecule has 5 fully saturated rings. The SMILES string of the molecule is C=CCOC(=O)[C@@H](NC(=O)OCC1c2ccccc2-c2ccccc21)[C@@H](C)O[C@H]1O[C@H](CO[C@@H]2O[C@H](COCc3ccccc3)[C@@H](O[C@@H]3O[C@@H]4CO[C@H](c5ccccc5)O[C@@H]4[C@H](OCc4ccccc4)[C@H]3OCc3ccccc3)[C@H](OCc3ccccc3)[C@H]2NC(=O)C(Cl)(Cl)Cl)[C@H](O)[C@H](O[C@@H]2O[C@H](COCc3ccccc3)[C@H](OCc3ccccc3)[C@H](OCc3ccccc3)[C@H]2OCc2ccccc2)[C@H]1N=[N+]=[N-]. The van der Waals surface area contributed by atoms with Gasteiger partial charge in [0.1, 0.15) is 111 Å². The molecule has 3 N–H and O–H groups in total. The van der Waals surface area contributed by atoms with Gasteiger partial charge in [-0.15, -0.1) is 0 Å². The van der Waals surface area contributed by atoms with Gasteiger partial charge in [0.05, 0.1) is 85.4 Å². The number of esters is 1. The molecule has 11 aromatic rings. The second-order valence-electron chi connectivity index (χ2n) is 35.3. The Bertz CT molecular complexity index is 5790. The number of azide groups is 1. The first-order valence-corrected chi connectivity index (χ1v) is 48.8. The summed E-state index contributed by atoms with van der Waals surface area (Å²) in [6.07, 6.45) is -27.4. The highest BCUT2D eigenvalue weighted by atomic mass is 35.6. The number of carbonyl (C=O) groups is 3. The topological polar surface area (TPSA) is 329 Å². The minimum atomic E-state index is -2.70. The van der Waals surface area contributed by atoms with Crippen LogP contribution in [0.1, 0.15) is 80.3 Å². The molecule has 32 heteroatoms. The van der Waals surface area contributed by atoms with E-state index in [2.05, 4.69) is 27.2 Å². The normalized spacial score (nSPS) is 26.1. The molecule has 0 bridgehead atoms. The summed E-state index contributed by atoms with van der Waals surface area (Å²) in [7, 11) is 0. The van der Waals surface area contributed by atoms with E-state index < -0.39 is 175 Å². The molecule has 2 amide bonds. The number of fused-ring (bicyclic) bond motifs is 4. The maximum atomic E-state index is 15.1. The maximum Gasteiger partial charge on any atom is 0.407 e. The van der Waals surface area contributed by atoms with Gasteiger partial charge in [0.25, 0.3) is 9.70 Å². The summed E-state index contributed by atoms with van der Waals surface area (Å²) in [6, 6.07) is 95.7. The van der Waals surface area contributed by atoms with Gasteiger partial charge in [0.15, 0.2) is 37.5 Å². The van der Waals surface area contributed by atoms with Gasteiger partial charge in [-0.05, 0) is 79.2 Å². The molecule has 0 unspecified atom stereocenters. The van der Waals surface area contributed by atoms with Gasteiger partial charge in [-0.25, -0.2) is 9.59 Å². The molecule has 0 radical (unpaired) electrons. The van der Waals surface area contributed by atoms with E-state index in [9.17, 15) is 20.2 Å². The lowest BCUT2D eigenvalue weighted by Gasteiger charge is -2.52. The summed E-state index contributed by atoms with van der Waals surface area (Å²) in [4.78, 5) is 48.0. The van der Waals surface area contributed by atoms with Gasteiger partial charge in [-0.1, -0.05) is 374 Å². The third-order valence-electron chi connectivity index (χ3n) is 25.5. The molecule has 748 valence electrons. The van der Waals surface area contributed by atoms with E-state index in [1.807, 2.05) is 322 Å². The Morgan fingerprint density at radius 2 is 0.853 bits per heavy atom. The van der Waals surface area contributed by atoms with Gasteiger partial charge < -0.3 is 110 Å². The van der Waals surface area contributed by atoms with Crippen molar-refractivity contribution in [2.24, 2.45) is 5.11 Å². The summed E-state index contributed by atoms with van der Waals surface area (Å²) < 4.78 is 137. The Morgan fingerprint density at radius 3 is 1.34 bits per heavy atom. The quantitative estimate of drug-likeness (QED) is 0.00797. The zero-order chi connectivity index (χ0) is 98.6. The van der Waals surface area contributed by atoms with Crippen LogP contribution in [0.25, 0.3) is 21.6 Å². The molecule has 5 saturated heterocycles. The predicted octanol–water partition coefficient (Wildman–Crippen LogP) is 17.7. The molecule has 5 aliphatic heterocycles. The van der Waals surface area contributed by atoms with Crippen LogP contribution in [0.5, 0.6) is 0 Å². The van der Waals surface area contributed by atoms with E-state index in [4.69, 9.17) is 130 Å². The lowest BCUT2D eigenvalue weighted by Crippen LogP contribution is -2.70. The van der Waals surface area contributed by atoms with E-state index in [1.54, 1.807) is 0 Å². The highest BCUT2D eigenvalue weighted by molar-refractivity contribution is 6.76. The van der Waals surface area contributed by atoms with Crippen molar-refractivity contribution in [2.45, 2.75) is 211 Å². The molecule has 11 aromatic carbocycles. The smallest absolute Gasteiger partial charge is 0.407 e. The number of benzene rings is 11. The molecule has 5 heterocycles. The first-order valence-electron chi connectivity index (χ1n) is 47.7.